The molecule has 0 bridgehead atoms. The molecule has 6 atom stereocenters. The maximum atomic E-state index is 13.3. The Morgan fingerprint density at radius 2 is 0.859 bits per heavy atom. The zero-order valence-corrected chi connectivity index (χ0v) is 75.0. The highest BCUT2D eigenvalue weighted by Crippen LogP contribution is 2.40. The molecule has 684 valence electrons. The van der Waals surface area contributed by atoms with Gasteiger partial charge in [0.15, 0.2) is 0 Å². The number of likely N-dealkylation sites (N-methyl/N-ethyl adjacent to an activating group) is 3. The van der Waals surface area contributed by atoms with E-state index >= 15 is 0 Å². The number of benzene rings is 3. The molecule has 128 heavy (non-hydrogen) atoms. The number of ether oxygens (including phenoxy) is 3. The van der Waals surface area contributed by atoms with Crippen molar-refractivity contribution in [1.82, 2.24) is 64.2 Å². The maximum Gasteiger partial charge on any atom is 0.421 e. The molecule has 0 aliphatic carbocycles. The number of amides is 3. The molecule has 6 aromatic rings. The summed E-state index contributed by atoms with van der Waals surface area (Å²) in [5.41, 5.74) is 16.5. The quantitative estimate of drug-likeness (QED) is 0.0460. The van der Waals surface area contributed by atoms with Gasteiger partial charge in [-0.2, -0.15) is 72.0 Å². The molecule has 9 aliphatic heterocycles. The van der Waals surface area contributed by atoms with E-state index in [1.54, 1.807) is 4.90 Å². The Labute approximate surface area is 746 Å². The second-order valence-corrected chi connectivity index (χ2v) is 35.1. The number of nitrogens with zero attached hydrogens (tertiary/aromatic N) is 21. The second kappa shape index (κ2) is 41.9. The van der Waals surface area contributed by atoms with E-state index in [9.17, 15) is 61.6 Å². The monoisotopic (exact) mass is 1770 g/mol. The van der Waals surface area contributed by atoms with Gasteiger partial charge in [-0.05, 0) is 192 Å². The van der Waals surface area contributed by atoms with Gasteiger partial charge in [-0.1, -0.05) is 49.6 Å². The summed E-state index contributed by atoms with van der Waals surface area (Å²) in [5.74, 6) is -0.857. The molecule has 34 heteroatoms. The number of fused-ring (bicyclic) bond motifs is 3. The Hall–Kier alpha value is -11.2. The van der Waals surface area contributed by atoms with Crippen molar-refractivity contribution in [2.45, 2.75) is 193 Å². The molecular weight excluding hydrogens is 1650 g/mol. The van der Waals surface area contributed by atoms with Gasteiger partial charge in [0.25, 0.3) is 11.8 Å². The Morgan fingerprint density at radius 3 is 1.26 bits per heavy atom. The van der Waals surface area contributed by atoms with E-state index < -0.39 is 41.8 Å². The van der Waals surface area contributed by atoms with Gasteiger partial charge in [0.05, 0.1) is 105 Å². The first-order valence-electron chi connectivity index (χ1n) is 44.5. The lowest BCUT2D eigenvalue weighted by Crippen LogP contribution is -2.56. The minimum Gasteiger partial charge on any atom is -0.462 e. The van der Waals surface area contributed by atoms with Gasteiger partial charge in [0.1, 0.15) is 37.0 Å². The Kier molecular flexibility index (Phi) is 30.9. The highest BCUT2D eigenvalue weighted by atomic mass is 19.4. The van der Waals surface area contributed by atoms with E-state index in [-0.39, 0.29) is 100 Å². The fourth-order valence-electron chi connectivity index (χ4n) is 18.9. The van der Waals surface area contributed by atoms with Gasteiger partial charge in [-0.15, -0.1) is 0 Å². The number of halogens is 6. The average molecular weight is 1770 g/mol. The lowest BCUT2D eigenvalue weighted by Gasteiger charge is -2.42. The van der Waals surface area contributed by atoms with E-state index in [4.69, 9.17) is 44.1 Å². The summed E-state index contributed by atoms with van der Waals surface area (Å²) in [6.45, 7) is 31.4. The normalized spacial score (nSPS) is 21.2. The first-order valence-corrected chi connectivity index (χ1v) is 44.5. The van der Waals surface area contributed by atoms with Crippen LogP contribution >= 0.6 is 0 Å². The van der Waals surface area contributed by atoms with Gasteiger partial charge in [0, 0.05) is 155 Å². The number of nitriles is 3. The van der Waals surface area contributed by atoms with Crippen LogP contribution in [0.2, 0.25) is 0 Å². The van der Waals surface area contributed by atoms with Crippen molar-refractivity contribution in [3.05, 3.63) is 164 Å². The van der Waals surface area contributed by atoms with Crippen LogP contribution in [0.15, 0.2) is 91.1 Å². The van der Waals surface area contributed by atoms with Crippen LogP contribution in [-0.4, -0.2) is 281 Å². The minimum atomic E-state index is -4.84. The van der Waals surface area contributed by atoms with Crippen molar-refractivity contribution in [3.63, 3.8) is 0 Å². The number of aromatic nitrogens is 6. The number of hydrogen-bond donors (Lipinski definition) is 1. The average Bonchev–Trinajstić information content (AvgIpc) is 0.906. The lowest BCUT2D eigenvalue weighted by atomic mass is 9.99. The number of aliphatic hydroxyl groups is 1. The molecular formula is C94H119F6N21O7. The van der Waals surface area contributed by atoms with Gasteiger partial charge in [-0.25, -0.2) is 0 Å². The predicted octanol–water partition coefficient (Wildman–Crippen LogP) is 11.0. The van der Waals surface area contributed by atoms with Crippen LogP contribution in [0.3, 0.4) is 0 Å². The van der Waals surface area contributed by atoms with E-state index in [1.807, 2.05) is 15.9 Å². The third-order valence-electron chi connectivity index (χ3n) is 27.0. The number of likely N-dealkylation sites (tertiary alicyclic amines) is 3. The molecule has 3 aromatic heterocycles. The van der Waals surface area contributed by atoms with Gasteiger partial charge >= 0.3 is 30.4 Å². The van der Waals surface area contributed by atoms with Crippen molar-refractivity contribution in [2.24, 2.45) is 0 Å². The second-order valence-electron chi connectivity index (χ2n) is 35.1. The zero-order valence-electron chi connectivity index (χ0n) is 75.0. The standard InChI is InChI=1S/C32H43N7O3.2C31H38F3N7O2/c1-22-7-5-9-30(24(22)3)38-14-11-27-28(34-32(35-29(27)19-38)42-21-26-8-6-13-36(26)4)18-37-15-16-39(25(17-37)10-12-33)31(41)23(2)20-40;1-20-7-5-9-27(21(20)2)39-14-11-25-26(18-39)36-30(43-19-24-8-6-13-38(24)4)37-28(25)40-15-16-41(23(17-40)10-12-35)29(42)22(3)31(32,33)34;1-21-6-4-8-27(22(21)2)39-15-11-25-26(19-39)36-30(43-20-24-7-5-14-38(24)3)37-29(25)40-16-17-41(23(18-40)10-13-35)28(42)9-12-31(32,33)34/h5,7,9,25-26,40H,2,6,8,10-11,13-21H2,1,3-4H3;5,7,9,23-24H,3,6,8,10-11,13-19H2,1-2,4H3;4,6,8-9,12,23-24H,5,7,10-11,14-20H2,1-3H3/b;;12-9+/t25-,26-;2*23-,24-/m000/s1. The third-order valence-corrected chi connectivity index (χ3v) is 27.0. The Bertz CT molecular complexity index is 5190. The molecule has 3 amide bonds. The fourth-order valence-corrected chi connectivity index (χ4v) is 18.9. The van der Waals surface area contributed by atoms with Crippen molar-refractivity contribution >= 4 is 46.4 Å². The topological polar surface area (TPSA) is 287 Å². The van der Waals surface area contributed by atoms with Crippen LogP contribution in [0.5, 0.6) is 18.0 Å². The SMILES string of the molecule is C=C(C(=O)N1CCN(c2nc(OC[C@@H]3CCCN3C)nc3c2CCN(c2cccc(C)c2C)C3)C[C@@H]1CC#N)C(F)(F)F.C=C(CO)C(=O)N1CCN(Cc2nc(OC[C@@H]3CCCN3C)nc3c2CCN(c2cccc(C)c2C)C3)C[C@@H]1CC#N.Cc1cccc(N2CCc3c(nc(OC[C@@H]4CCCN4C)nc3N3CCN(C(=O)/C=C/C(F)(F)F)[C@@H](CC#N)C3)C2)c1C. The molecule has 0 saturated carbocycles. The molecule has 1 N–H and O–H groups in total. The largest absolute Gasteiger partial charge is 0.462 e. The number of carbonyl (C=O) groups excluding carboxylic acids is 3. The van der Waals surface area contributed by atoms with Crippen molar-refractivity contribution < 1.29 is 60.0 Å². The van der Waals surface area contributed by atoms with Crippen LogP contribution in [0.25, 0.3) is 0 Å². The molecule has 9 aliphatic rings. The smallest absolute Gasteiger partial charge is 0.421 e. The summed E-state index contributed by atoms with van der Waals surface area (Å²) >= 11 is 0. The molecule has 0 radical (unpaired) electrons. The predicted molar refractivity (Wildman–Crippen MR) is 475 cm³/mol. The molecule has 0 unspecified atom stereocenters. The molecule has 12 heterocycles. The molecule has 15 rings (SSSR count). The number of piperazine rings is 3. The fraction of sp³-hybridized carbons (Fsp3) is 0.553. The number of carbonyl (C=O) groups is 3. The number of aryl methyl sites for hydroxylation is 3. The van der Waals surface area contributed by atoms with Gasteiger partial charge in [0.2, 0.25) is 5.91 Å². The van der Waals surface area contributed by atoms with Crippen LogP contribution in [-0.2, 0) is 59.8 Å². The Balaban J connectivity index is 0.000000164. The summed E-state index contributed by atoms with van der Waals surface area (Å²) in [4.78, 5) is 91.9. The van der Waals surface area contributed by atoms with E-state index in [0.29, 0.717) is 121 Å². The number of alkyl halides is 6. The molecule has 3 aromatic carbocycles. The third kappa shape index (κ3) is 22.5. The zero-order chi connectivity index (χ0) is 91.4. The molecule has 0 spiro atoms. The van der Waals surface area contributed by atoms with Crippen LogP contribution in [0.1, 0.15) is 131 Å². The van der Waals surface area contributed by atoms with E-state index in [1.165, 1.54) is 56.0 Å². The summed E-state index contributed by atoms with van der Waals surface area (Å²) in [6.07, 6.45) is -0.0556. The van der Waals surface area contributed by atoms with Crippen molar-refractivity contribution in [1.29, 1.82) is 15.8 Å². The number of rotatable bonds is 23. The summed E-state index contributed by atoms with van der Waals surface area (Å²) in [7, 11) is 6.30. The lowest BCUT2D eigenvalue weighted by molar-refractivity contribution is -0.142. The van der Waals surface area contributed by atoms with Gasteiger partial charge < -0.3 is 73.2 Å². The first-order chi connectivity index (χ1) is 61.3. The molecule has 6 fully saturated rings. The number of aliphatic hydroxyl groups excluding tert-OH is 1. The van der Waals surface area contributed by atoms with Crippen molar-refractivity contribution in [3.8, 4) is 36.2 Å². The van der Waals surface area contributed by atoms with Crippen molar-refractivity contribution in [2.75, 3.05) is 170 Å². The number of anilines is 5. The molecule has 6 saturated heterocycles. The summed E-state index contributed by atoms with van der Waals surface area (Å²) in [6, 6.07) is 25.6. The Morgan fingerprint density at radius 1 is 0.477 bits per heavy atom. The minimum absolute atomic E-state index is 0.00679. The highest BCUT2D eigenvalue weighted by Gasteiger charge is 2.44. The highest BCUT2D eigenvalue weighted by molar-refractivity contribution is 5.95. The summed E-state index contributed by atoms with van der Waals surface area (Å²) in [5, 5.41) is 37.9. The number of hydrogen-bond acceptors (Lipinski definition) is 25. The van der Waals surface area contributed by atoms with Gasteiger partial charge in [-0.3, -0.25) is 19.3 Å². The van der Waals surface area contributed by atoms with E-state index in [2.05, 4.69) is 177 Å². The van der Waals surface area contributed by atoms with Crippen LogP contribution < -0.4 is 38.7 Å². The van der Waals surface area contributed by atoms with E-state index in [0.717, 1.165) is 128 Å². The van der Waals surface area contributed by atoms with Crippen LogP contribution in [0, 0.1) is 75.5 Å². The number of allylic oxidation sites excluding steroid dienone is 1. The first kappa shape index (κ1) is 94.4. The maximum absolute atomic E-state index is 13.3. The summed E-state index contributed by atoms with van der Waals surface area (Å²) < 4.78 is 96.7. The van der Waals surface area contributed by atoms with Crippen LogP contribution in [0.4, 0.5) is 55.0 Å². The molecule has 28 nitrogen and oxygen atoms in total.